The molecule has 1 aliphatic heterocycles. The van der Waals surface area contributed by atoms with Gasteiger partial charge in [-0.2, -0.15) is 0 Å². The van der Waals surface area contributed by atoms with Crippen LogP contribution in [0, 0.1) is 5.92 Å². The molecule has 19 heavy (non-hydrogen) atoms. The highest BCUT2D eigenvalue weighted by molar-refractivity contribution is 9.10. The maximum atomic E-state index is 12.0. The van der Waals surface area contributed by atoms with E-state index in [0.29, 0.717) is 39.7 Å². The van der Waals surface area contributed by atoms with Gasteiger partial charge in [0.2, 0.25) is 5.91 Å². The number of rotatable bonds is 3. The van der Waals surface area contributed by atoms with Crippen LogP contribution in [-0.2, 0) is 4.79 Å². The third-order valence-electron chi connectivity index (χ3n) is 2.89. The molecule has 0 spiro atoms. The summed E-state index contributed by atoms with van der Waals surface area (Å²) in [5.41, 5.74) is 8.89. The van der Waals surface area contributed by atoms with Crippen LogP contribution in [0.2, 0.25) is 10.0 Å². The SMILES string of the molecule is [N-]=[N+]=NCC1CC(=O)N(c2cc(Cl)c(Br)cc2Cl)C1. The average molecular weight is 364 g/mol. The van der Waals surface area contributed by atoms with Gasteiger partial charge in [-0.15, -0.1) is 0 Å². The molecule has 0 N–H and O–H groups in total. The number of nitrogens with zero attached hydrogens (tertiary/aromatic N) is 4. The molecule has 1 aliphatic rings. The molecular formula is C11H9BrCl2N4O. The first kappa shape index (κ1) is 14.5. The number of amides is 1. The van der Waals surface area contributed by atoms with E-state index >= 15 is 0 Å². The summed E-state index contributed by atoms with van der Waals surface area (Å²) in [6, 6.07) is 3.31. The highest BCUT2D eigenvalue weighted by Crippen LogP contribution is 2.37. The van der Waals surface area contributed by atoms with Gasteiger partial charge in [0.1, 0.15) is 0 Å². The summed E-state index contributed by atoms with van der Waals surface area (Å²) in [6.07, 6.45) is 0.350. The van der Waals surface area contributed by atoms with Crippen molar-refractivity contribution in [2.75, 3.05) is 18.0 Å². The van der Waals surface area contributed by atoms with Crippen LogP contribution in [0.15, 0.2) is 21.7 Å². The second-order valence-electron chi connectivity index (χ2n) is 4.21. The lowest BCUT2D eigenvalue weighted by Gasteiger charge is -2.18. The Balaban J connectivity index is 2.25. The number of halogens is 3. The predicted molar refractivity (Wildman–Crippen MR) is 78.6 cm³/mol. The zero-order valence-electron chi connectivity index (χ0n) is 9.68. The number of carbonyl (C=O) groups is 1. The molecule has 1 amide bonds. The van der Waals surface area contributed by atoms with Crippen molar-refractivity contribution in [3.63, 3.8) is 0 Å². The van der Waals surface area contributed by atoms with Gasteiger partial charge < -0.3 is 4.90 Å². The molecule has 8 heteroatoms. The molecular weight excluding hydrogens is 355 g/mol. The van der Waals surface area contributed by atoms with Gasteiger partial charge in [-0.3, -0.25) is 4.79 Å². The van der Waals surface area contributed by atoms with Gasteiger partial charge in [0.25, 0.3) is 0 Å². The van der Waals surface area contributed by atoms with Gasteiger partial charge in [-0.25, -0.2) is 0 Å². The van der Waals surface area contributed by atoms with Crippen molar-refractivity contribution in [3.05, 3.63) is 37.1 Å². The molecule has 1 aromatic rings. The first-order valence-corrected chi connectivity index (χ1v) is 7.03. The van der Waals surface area contributed by atoms with Gasteiger partial charge >= 0.3 is 0 Å². The van der Waals surface area contributed by atoms with E-state index in [0.717, 1.165) is 0 Å². The first-order valence-electron chi connectivity index (χ1n) is 5.48. The van der Waals surface area contributed by atoms with Crippen molar-refractivity contribution >= 4 is 50.7 Å². The topological polar surface area (TPSA) is 69.1 Å². The Kier molecular flexibility index (Phi) is 4.58. The summed E-state index contributed by atoms with van der Waals surface area (Å²) in [5.74, 6) is -0.0275. The van der Waals surface area contributed by atoms with Crippen molar-refractivity contribution in [2.24, 2.45) is 11.0 Å². The normalized spacial score (nSPS) is 18.6. The van der Waals surface area contributed by atoms with Crippen LogP contribution in [0.4, 0.5) is 5.69 Å². The third-order valence-corrected chi connectivity index (χ3v) is 4.39. The fourth-order valence-electron chi connectivity index (χ4n) is 2.01. The molecule has 1 aromatic carbocycles. The molecule has 0 aromatic heterocycles. The van der Waals surface area contributed by atoms with Crippen LogP contribution >= 0.6 is 39.1 Å². The Morgan fingerprint density at radius 1 is 1.47 bits per heavy atom. The molecule has 0 radical (unpaired) electrons. The second kappa shape index (κ2) is 6.01. The fourth-order valence-corrected chi connectivity index (χ4v) is 2.91. The number of carbonyl (C=O) groups excluding carboxylic acids is 1. The third kappa shape index (κ3) is 3.15. The number of hydrogen-bond acceptors (Lipinski definition) is 2. The predicted octanol–water partition coefficient (Wildman–Crippen LogP) is 4.42. The largest absolute Gasteiger partial charge is 0.311 e. The highest BCUT2D eigenvalue weighted by atomic mass is 79.9. The molecule has 0 bridgehead atoms. The summed E-state index contributed by atoms with van der Waals surface area (Å²) < 4.78 is 0.681. The van der Waals surface area contributed by atoms with Gasteiger partial charge in [-0.1, -0.05) is 28.3 Å². The lowest BCUT2D eigenvalue weighted by Crippen LogP contribution is -2.25. The van der Waals surface area contributed by atoms with Crippen LogP contribution in [0.3, 0.4) is 0 Å². The summed E-state index contributed by atoms with van der Waals surface area (Å²) in [5, 5.41) is 4.45. The van der Waals surface area contributed by atoms with E-state index in [2.05, 4.69) is 26.0 Å². The van der Waals surface area contributed by atoms with Crippen molar-refractivity contribution in [1.29, 1.82) is 0 Å². The van der Waals surface area contributed by atoms with E-state index in [9.17, 15) is 4.79 Å². The minimum atomic E-state index is -0.0431. The van der Waals surface area contributed by atoms with E-state index in [1.54, 1.807) is 17.0 Å². The van der Waals surface area contributed by atoms with E-state index < -0.39 is 0 Å². The van der Waals surface area contributed by atoms with E-state index in [1.165, 1.54) is 0 Å². The molecule has 1 fully saturated rings. The molecule has 0 aliphatic carbocycles. The second-order valence-corrected chi connectivity index (χ2v) is 5.87. The molecule has 1 unspecified atom stereocenters. The average Bonchev–Trinajstić information content (AvgIpc) is 2.72. The van der Waals surface area contributed by atoms with Gasteiger partial charge in [0.05, 0.1) is 15.7 Å². The van der Waals surface area contributed by atoms with Crippen molar-refractivity contribution in [3.8, 4) is 0 Å². The van der Waals surface area contributed by atoms with Gasteiger partial charge in [0.15, 0.2) is 0 Å². The van der Waals surface area contributed by atoms with Gasteiger partial charge in [0, 0.05) is 28.9 Å². The Labute approximate surface area is 128 Å². The quantitative estimate of drug-likeness (QED) is 0.339. The van der Waals surface area contributed by atoms with Crippen LogP contribution in [0.25, 0.3) is 10.4 Å². The monoisotopic (exact) mass is 362 g/mol. The number of hydrogen-bond donors (Lipinski definition) is 0. The highest BCUT2D eigenvalue weighted by Gasteiger charge is 2.31. The number of benzene rings is 1. The molecule has 1 saturated heterocycles. The zero-order chi connectivity index (χ0) is 14.0. The number of anilines is 1. The summed E-state index contributed by atoms with van der Waals surface area (Å²) in [4.78, 5) is 16.3. The first-order chi connectivity index (χ1) is 9.02. The van der Waals surface area contributed by atoms with E-state index in [-0.39, 0.29) is 11.8 Å². The maximum Gasteiger partial charge on any atom is 0.227 e. The van der Waals surface area contributed by atoms with Crippen molar-refractivity contribution < 1.29 is 4.79 Å². The van der Waals surface area contributed by atoms with Gasteiger partial charge in [-0.05, 0) is 39.5 Å². The standard InChI is InChI=1S/C11H9BrCl2N4O/c12-7-2-9(14)10(3-8(7)13)18-5-6(1-11(18)19)4-16-17-15/h2-3,6H,1,4-5H2. The molecule has 100 valence electrons. The summed E-state index contributed by atoms with van der Waals surface area (Å²) >= 11 is 15.4. The van der Waals surface area contributed by atoms with Crippen molar-refractivity contribution in [1.82, 2.24) is 0 Å². The minimum Gasteiger partial charge on any atom is -0.311 e. The molecule has 1 atom stereocenters. The van der Waals surface area contributed by atoms with Crippen LogP contribution in [0.1, 0.15) is 6.42 Å². The lowest BCUT2D eigenvalue weighted by atomic mass is 10.1. The lowest BCUT2D eigenvalue weighted by molar-refractivity contribution is -0.117. The van der Waals surface area contributed by atoms with E-state index in [4.69, 9.17) is 28.7 Å². The van der Waals surface area contributed by atoms with Crippen LogP contribution < -0.4 is 4.90 Å². The Bertz CT molecular complexity index is 574. The molecule has 0 saturated carbocycles. The summed E-state index contributed by atoms with van der Waals surface area (Å²) in [7, 11) is 0. The Hall–Kier alpha value is -0.940. The molecule has 1 heterocycles. The Morgan fingerprint density at radius 3 is 2.89 bits per heavy atom. The van der Waals surface area contributed by atoms with Crippen molar-refractivity contribution in [2.45, 2.75) is 6.42 Å². The zero-order valence-corrected chi connectivity index (χ0v) is 12.8. The summed E-state index contributed by atoms with van der Waals surface area (Å²) in [6.45, 7) is 0.788. The molecule has 2 rings (SSSR count). The fraction of sp³-hybridized carbons (Fsp3) is 0.364. The smallest absolute Gasteiger partial charge is 0.227 e. The maximum absolute atomic E-state index is 12.0. The van der Waals surface area contributed by atoms with E-state index in [1.807, 2.05) is 0 Å². The number of azide groups is 1. The Morgan fingerprint density at radius 2 is 2.21 bits per heavy atom. The molecule has 5 nitrogen and oxygen atoms in total. The minimum absolute atomic E-state index is 0.0156. The van der Waals surface area contributed by atoms with Crippen LogP contribution in [0.5, 0.6) is 0 Å². The van der Waals surface area contributed by atoms with Crippen LogP contribution in [-0.4, -0.2) is 19.0 Å².